The molecular formula is C14H18N2O. The zero-order chi connectivity index (χ0) is 12.1. The molecular weight excluding hydrogens is 212 g/mol. The smallest absolute Gasteiger partial charge is 0.102 e. The number of rotatable bonds is 4. The zero-order valence-corrected chi connectivity index (χ0v) is 10.2. The Morgan fingerprint density at radius 2 is 2.41 bits per heavy atom. The molecule has 0 aromatic heterocycles. The van der Waals surface area contributed by atoms with E-state index in [1.165, 1.54) is 12.8 Å². The highest BCUT2D eigenvalue weighted by atomic mass is 16.5. The van der Waals surface area contributed by atoms with Crippen LogP contribution in [0.4, 0.5) is 5.69 Å². The van der Waals surface area contributed by atoms with Crippen molar-refractivity contribution in [2.75, 3.05) is 18.5 Å². The minimum Gasteiger partial charge on any atom is -0.384 e. The van der Waals surface area contributed by atoms with Gasteiger partial charge in [-0.1, -0.05) is 12.1 Å². The van der Waals surface area contributed by atoms with Gasteiger partial charge >= 0.3 is 0 Å². The van der Waals surface area contributed by atoms with Gasteiger partial charge in [0.1, 0.15) is 6.07 Å². The third kappa shape index (κ3) is 2.98. The molecule has 0 spiro atoms. The average Bonchev–Trinajstić information content (AvgIpc) is 2.82. The third-order valence-electron chi connectivity index (χ3n) is 3.19. The van der Waals surface area contributed by atoms with E-state index in [1.807, 2.05) is 25.1 Å². The van der Waals surface area contributed by atoms with Crippen LogP contribution < -0.4 is 5.32 Å². The Morgan fingerprint density at radius 1 is 1.53 bits per heavy atom. The Hall–Kier alpha value is -1.53. The second-order valence-corrected chi connectivity index (χ2v) is 4.46. The summed E-state index contributed by atoms with van der Waals surface area (Å²) >= 11 is 0. The fraction of sp³-hybridized carbons (Fsp3) is 0.500. The minimum atomic E-state index is 0.401. The molecule has 3 nitrogen and oxygen atoms in total. The van der Waals surface area contributed by atoms with Crippen LogP contribution in [-0.2, 0) is 4.74 Å². The van der Waals surface area contributed by atoms with Crippen LogP contribution in [0.15, 0.2) is 18.2 Å². The first kappa shape index (κ1) is 11.9. The Morgan fingerprint density at radius 3 is 3.12 bits per heavy atom. The van der Waals surface area contributed by atoms with Gasteiger partial charge in [-0.3, -0.25) is 0 Å². The van der Waals surface area contributed by atoms with E-state index in [4.69, 9.17) is 10.00 Å². The van der Waals surface area contributed by atoms with Crippen molar-refractivity contribution in [2.45, 2.75) is 32.3 Å². The van der Waals surface area contributed by atoms with Gasteiger partial charge in [0.25, 0.3) is 0 Å². The quantitative estimate of drug-likeness (QED) is 0.865. The van der Waals surface area contributed by atoms with Crippen molar-refractivity contribution in [3.63, 3.8) is 0 Å². The molecule has 1 N–H and O–H groups in total. The molecule has 1 heterocycles. The Kier molecular flexibility index (Phi) is 4.00. The summed E-state index contributed by atoms with van der Waals surface area (Å²) in [6, 6.07) is 8.15. The standard InChI is InChI=1S/C14H18N2O/c1-11-4-2-6-14(13(11)10-15)16-8-7-12-5-3-9-17-12/h2,4,6,12,16H,3,5,7-9H2,1H3. The molecule has 1 aromatic carbocycles. The topological polar surface area (TPSA) is 45.0 Å². The van der Waals surface area contributed by atoms with E-state index >= 15 is 0 Å². The lowest BCUT2D eigenvalue weighted by atomic mass is 10.1. The molecule has 1 unspecified atom stereocenters. The first-order chi connectivity index (χ1) is 8.31. The van der Waals surface area contributed by atoms with E-state index in [2.05, 4.69) is 11.4 Å². The number of hydrogen-bond donors (Lipinski definition) is 1. The number of benzene rings is 1. The maximum Gasteiger partial charge on any atom is 0.102 e. The molecule has 0 saturated carbocycles. The lowest BCUT2D eigenvalue weighted by Crippen LogP contribution is -2.13. The predicted octanol–water partition coefficient (Wildman–Crippen LogP) is 2.85. The van der Waals surface area contributed by atoms with Crippen molar-refractivity contribution in [1.29, 1.82) is 5.26 Å². The summed E-state index contributed by atoms with van der Waals surface area (Å²) in [5.41, 5.74) is 2.71. The van der Waals surface area contributed by atoms with Crippen LogP contribution in [0.2, 0.25) is 0 Å². The van der Waals surface area contributed by atoms with E-state index in [0.717, 1.165) is 36.4 Å². The second-order valence-electron chi connectivity index (χ2n) is 4.46. The van der Waals surface area contributed by atoms with E-state index in [-0.39, 0.29) is 0 Å². The number of ether oxygens (including phenoxy) is 1. The van der Waals surface area contributed by atoms with E-state index in [0.29, 0.717) is 6.10 Å². The summed E-state index contributed by atoms with van der Waals surface area (Å²) < 4.78 is 5.57. The lowest BCUT2D eigenvalue weighted by molar-refractivity contribution is 0.107. The molecule has 17 heavy (non-hydrogen) atoms. The van der Waals surface area contributed by atoms with Crippen molar-refractivity contribution in [3.05, 3.63) is 29.3 Å². The van der Waals surface area contributed by atoms with Crippen molar-refractivity contribution in [2.24, 2.45) is 0 Å². The number of hydrogen-bond acceptors (Lipinski definition) is 3. The number of nitrogens with zero attached hydrogens (tertiary/aromatic N) is 1. The monoisotopic (exact) mass is 230 g/mol. The maximum atomic E-state index is 9.10. The third-order valence-corrected chi connectivity index (χ3v) is 3.19. The Bertz CT molecular complexity index is 417. The molecule has 1 aromatic rings. The van der Waals surface area contributed by atoms with Crippen LogP contribution in [-0.4, -0.2) is 19.3 Å². The van der Waals surface area contributed by atoms with Gasteiger partial charge in [0.05, 0.1) is 17.4 Å². The molecule has 0 bridgehead atoms. The van der Waals surface area contributed by atoms with Crippen LogP contribution in [0.25, 0.3) is 0 Å². The number of nitriles is 1. The zero-order valence-electron chi connectivity index (χ0n) is 10.2. The molecule has 1 atom stereocenters. The molecule has 1 fully saturated rings. The van der Waals surface area contributed by atoms with E-state index < -0.39 is 0 Å². The molecule has 1 saturated heterocycles. The molecule has 0 radical (unpaired) electrons. The van der Waals surface area contributed by atoms with E-state index in [1.54, 1.807) is 0 Å². The first-order valence-electron chi connectivity index (χ1n) is 6.16. The summed E-state index contributed by atoms with van der Waals surface area (Å²) in [6.07, 6.45) is 3.76. The maximum absolute atomic E-state index is 9.10. The molecule has 2 rings (SSSR count). The molecule has 0 aliphatic carbocycles. The summed E-state index contributed by atoms with van der Waals surface area (Å²) in [4.78, 5) is 0. The van der Waals surface area contributed by atoms with Gasteiger partial charge in [-0.2, -0.15) is 5.26 Å². The highest BCUT2D eigenvalue weighted by molar-refractivity contribution is 5.60. The summed E-state index contributed by atoms with van der Waals surface area (Å²) in [6.45, 7) is 3.73. The van der Waals surface area contributed by atoms with Gasteiger partial charge in [-0.05, 0) is 37.8 Å². The minimum absolute atomic E-state index is 0.401. The number of aryl methyl sites for hydroxylation is 1. The highest BCUT2D eigenvalue weighted by Gasteiger charge is 2.14. The molecule has 90 valence electrons. The highest BCUT2D eigenvalue weighted by Crippen LogP contribution is 2.19. The number of nitrogens with one attached hydrogen (secondary N) is 1. The predicted molar refractivity (Wildman–Crippen MR) is 68.0 cm³/mol. The van der Waals surface area contributed by atoms with Gasteiger partial charge < -0.3 is 10.1 Å². The Labute approximate surface area is 102 Å². The van der Waals surface area contributed by atoms with Gasteiger partial charge in [-0.15, -0.1) is 0 Å². The summed E-state index contributed by atoms with van der Waals surface area (Å²) in [7, 11) is 0. The van der Waals surface area contributed by atoms with Gasteiger partial charge in [0.15, 0.2) is 0 Å². The van der Waals surface area contributed by atoms with Crippen molar-refractivity contribution in [1.82, 2.24) is 0 Å². The normalized spacial score (nSPS) is 18.9. The largest absolute Gasteiger partial charge is 0.384 e. The second kappa shape index (κ2) is 5.70. The fourth-order valence-corrected chi connectivity index (χ4v) is 2.20. The van der Waals surface area contributed by atoms with Crippen LogP contribution in [0.1, 0.15) is 30.4 Å². The van der Waals surface area contributed by atoms with Crippen LogP contribution in [0, 0.1) is 18.3 Å². The molecule has 1 aliphatic rings. The van der Waals surface area contributed by atoms with Crippen LogP contribution in [0.5, 0.6) is 0 Å². The summed E-state index contributed by atoms with van der Waals surface area (Å²) in [5.74, 6) is 0. The fourth-order valence-electron chi connectivity index (χ4n) is 2.20. The average molecular weight is 230 g/mol. The van der Waals surface area contributed by atoms with Crippen LogP contribution >= 0.6 is 0 Å². The lowest BCUT2D eigenvalue weighted by Gasteiger charge is -2.12. The van der Waals surface area contributed by atoms with E-state index in [9.17, 15) is 0 Å². The van der Waals surface area contributed by atoms with Crippen molar-refractivity contribution in [3.8, 4) is 6.07 Å². The number of anilines is 1. The Balaban J connectivity index is 1.90. The van der Waals surface area contributed by atoms with Gasteiger partial charge in [0, 0.05) is 13.2 Å². The SMILES string of the molecule is Cc1cccc(NCCC2CCCO2)c1C#N. The molecule has 3 heteroatoms. The van der Waals surface area contributed by atoms with Crippen molar-refractivity contribution >= 4 is 5.69 Å². The molecule has 1 aliphatic heterocycles. The molecule has 0 amide bonds. The van der Waals surface area contributed by atoms with Gasteiger partial charge in [0.2, 0.25) is 0 Å². The van der Waals surface area contributed by atoms with Crippen molar-refractivity contribution < 1.29 is 4.74 Å². The summed E-state index contributed by atoms with van der Waals surface area (Å²) in [5, 5.41) is 12.4. The van der Waals surface area contributed by atoms with Crippen LogP contribution in [0.3, 0.4) is 0 Å². The first-order valence-corrected chi connectivity index (χ1v) is 6.16. The van der Waals surface area contributed by atoms with Gasteiger partial charge in [-0.25, -0.2) is 0 Å².